The molecule has 12 nitrogen and oxygen atoms in total. The van der Waals surface area contributed by atoms with Gasteiger partial charge in [0.2, 0.25) is 0 Å². The molecule has 0 aliphatic carbocycles. The maximum Gasteiger partial charge on any atom is 0.338 e. The zero-order chi connectivity index (χ0) is 31.4. The highest BCUT2D eigenvalue weighted by molar-refractivity contribution is 5.93. The van der Waals surface area contributed by atoms with E-state index in [2.05, 4.69) is 11.7 Å². The molecule has 0 fully saturated rings. The third-order valence-electron chi connectivity index (χ3n) is 7.03. The van der Waals surface area contributed by atoms with Crippen molar-refractivity contribution >= 4 is 23.9 Å². The summed E-state index contributed by atoms with van der Waals surface area (Å²) in [5.74, 6) is -4.08. The van der Waals surface area contributed by atoms with Crippen molar-refractivity contribution in [3.05, 3.63) is 35.4 Å². The minimum Gasteiger partial charge on any atom is -0.461 e. The summed E-state index contributed by atoms with van der Waals surface area (Å²) in [6.45, 7) is 9.64. The van der Waals surface area contributed by atoms with E-state index in [1.165, 1.54) is 24.3 Å². The molecule has 232 valence electrons. The van der Waals surface area contributed by atoms with Crippen molar-refractivity contribution in [3.8, 4) is 0 Å². The van der Waals surface area contributed by atoms with Crippen LogP contribution < -0.4 is 0 Å². The third-order valence-corrected chi connectivity index (χ3v) is 7.03. The summed E-state index contributed by atoms with van der Waals surface area (Å²) >= 11 is 0. The number of hydrogen-bond acceptors (Lipinski definition) is 12. The van der Waals surface area contributed by atoms with Gasteiger partial charge in [0.1, 0.15) is 31.5 Å². The second-order valence-corrected chi connectivity index (χ2v) is 10.9. The Morgan fingerprint density at radius 3 is 1.51 bits per heavy atom. The second kappa shape index (κ2) is 16.4. The van der Waals surface area contributed by atoms with Gasteiger partial charge in [-0.15, -0.1) is 0 Å². The van der Waals surface area contributed by atoms with Gasteiger partial charge in [-0.25, -0.2) is 19.2 Å². The molecule has 0 amide bonds. The fraction of sp³-hybridized carbons (Fsp3) is 0.655. The molecule has 1 rings (SSSR count). The first-order valence-corrected chi connectivity index (χ1v) is 13.6. The van der Waals surface area contributed by atoms with Gasteiger partial charge in [0, 0.05) is 0 Å². The first-order chi connectivity index (χ1) is 19.1. The van der Waals surface area contributed by atoms with Crippen LogP contribution in [0.4, 0.5) is 0 Å². The zero-order valence-electron chi connectivity index (χ0n) is 24.6. The molecule has 0 spiro atoms. The Kier molecular flexibility index (Phi) is 14.4. The van der Waals surface area contributed by atoms with Crippen LogP contribution in [0.1, 0.15) is 87.9 Å². The Hall–Kier alpha value is -3.06. The molecule has 4 unspecified atom stereocenters. The maximum atomic E-state index is 12.3. The van der Waals surface area contributed by atoms with Crippen LogP contribution >= 0.6 is 0 Å². The van der Waals surface area contributed by atoms with Gasteiger partial charge in [-0.05, 0) is 56.4 Å². The Balaban J connectivity index is 2.49. The van der Waals surface area contributed by atoms with Gasteiger partial charge in [-0.1, -0.05) is 40.5 Å². The third kappa shape index (κ3) is 12.1. The molecule has 0 saturated heterocycles. The molecule has 4 N–H and O–H groups in total. The van der Waals surface area contributed by atoms with E-state index >= 15 is 0 Å². The van der Waals surface area contributed by atoms with Crippen LogP contribution in [-0.4, -0.2) is 94.1 Å². The Morgan fingerprint density at radius 1 is 0.659 bits per heavy atom. The molecule has 4 atom stereocenters. The van der Waals surface area contributed by atoms with E-state index < -0.39 is 67.1 Å². The zero-order valence-corrected chi connectivity index (χ0v) is 24.6. The lowest BCUT2D eigenvalue weighted by molar-refractivity contribution is -0.182. The molecule has 41 heavy (non-hydrogen) atoms. The summed E-state index contributed by atoms with van der Waals surface area (Å²) in [5.41, 5.74) is -0.731. The molecule has 0 radical (unpaired) electrons. The normalized spacial score (nSPS) is 14.8. The molecule has 0 aliphatic rings. The lowest BCUT2D eigenvalue weighted by atomic mass is 9.80. The summed E-state index contributed by atoms with van der Waals surface area (Å²) in [5, 5.41) is 39.9. The van der Waals surface area contributed by atoms with E-state index in [1.807, 2.05) is 13.8 Å². The van der Waals surface area contributed by atoms with Gasteiger partial charge in [-0.2, -0.15) is 0 Å². The molecule has 0 heterocycles. The number of rotatable bonds is 17. The highest BCUT2D eigenvalue weighted by atomic mass is 16.6. The highest BCUT2D eigenvalue weighted by Crippen LogP contribution is 2.31. The smallest absolute Gasteiger partial charge is 0.338 e. The Bertz CT molecular complexity index is 1000. The first kappa shape index (κ1) is 36.0. The van der Waals surface area contributed by atoms with Crippen LogP contribution in [-0.2, 0) is 28.5 Å². The number of hydrogen-bond donors (Lipinski definition) is 4. The summed E-state index contributed by atoms with van der Waals surface area (Å²) in [6, 6.07) is 5.35. The number of ether oxygens (including phenoxy) is 4. The lowest BCUT2D eigenvalue weighted by Gasteiger charge is -2.29. The largest absolute Gasteiger partial charge is 0.461 e. The highest BCUT2D eigenvalue weighted by Gasteiger charge is 2.36. The second-order valence-electron chi connectivity index (χ2n) is 10.9. The van der Waals surface area contributed by atoms with E-state index in [4.69, 9.17) is 14.2 Å². The lowest BCUT2D eigenvalue weighted by Crippen LogP contribution is -2.44. The van der Waals surface area contributed by atoms with Crippen molar-refractivity contribution < 1.29 is 58.6 Å². The van der Waals surface area contributed by atoms with Crippen LogP contribution in [0.15, 0.2) is 24.3 Å². The number of carbonyl (C=O) groups is 4. The SMILES string of the molecule is CCC(C)(CC)CC(O)COC(=O)c1ccc(C(=O)OCC(O)COC(=O)C(O)C(O)C(=O)OC(C)(C)CC)cc1. The molecule has 0 bridgehead atoms. The van der Waals surface area contributed by atoms with E-state index in [0.29, 0.717) is 12.8 Å². The Morgan fingerprint density at radius 2 is 1.07 bits per heavy atom. The summed E-state index contributed by atoms with van der Waals surface area (Å²) in [6.07, 6.45) is -4.01. The molecule has 0 saturated carbocycles. The minimum atomic E-state index is -2.24. The van der Waals surface area contributed by atoms with Gasteiger partial charge in [0.05, 0.1) is 17.2 Å². The number of aliphatic hydroxyl groups is 4. The van der Waals surface area contributed by atoms with Crippen molar-refractivity contribution in [1.82, 2.24) is 0 Å². The van der Waals surface area contributed by atoms with Crippen LogP contribution in [0, 0.1) is 5.41 Å². The van der Waals surface area contributed by atoms with Crippen LogP contribution in [0.3, 0.4) is 0 Å². The van der Waals surface area contributed by atoms with Crippen molar-refractivity contribution in [1.29, 1.82) is 0 Å². The van der Waals surface area contributed by atoms with E-state index in [-0.39, 0.29) is 23.1 Å². The molecule has 0 aliphatic heterocycles. The molecular weight excluding hydrogens is 540 g/mol. The summed E-state index contributed by atoms with van der Waals surface area (Å²) in [7, 11) is 0. The van der Waals surface area contributed by atoms with Crippen molar-refractivity contribution in [2.75, 3.05) is 19.8 Å². The molecule has 1 aromatic carbocycles. The number of benzene rings is 1. The predicted octanol–water partition coefficient (Wildman–Crippen LogP) is 1.94. The maximum absolute atomic E-state index is 12.3. The standard InChI is InChI=1S/C29H44O12/c1-7-28(4,5)41-27(37)23(33)22(32)26(36)40-17-21(31)16-39-25(35)19-12-10-18(11-13-19)24(34)38-15-20(30)14-29(6,8-2)9-3/h10-13,20-23,30-33H,7-9,14-17H2,1-6H3. The molecule has 0 aromatic heterocycles. The summed E-state index contributed by atoms with van der Waals surface area (Å²) < 4.78 is 19.9. The van der Waals surface area contributed by atoms with Gasteiger partial charge in [0.15, 0.2) is 12.2 Å². The fourth-order valence-corrected chi connectivity index (χ4v) is 3.39. The number of carbonyl (C=O) groups excluding carboxylic acids is 4. The van der Waals surface area contributed by atoms with Crippen molar-refractivity contribution in [2.45, 2.75) is 97.2 Å². The Labute approximate surface area is 240 Å². The van der Waals surface area contributed by atoms with Gasteiger partial charge < -0.3 is 39.4 Å². The monoisotopic (exact) mass is 584 g/mol. The quantitative estimate of drug-likeness (QED) is 0.154. The van der Waals surface area contributed by atoms with Crippen LogP contribution in [0.2, 0.25) is 0 Å². The topological polar surface area (TPSA) is 186 Å². The number of esters is 4. The van der Waals surface area contributed by atoms with Crippen molar-refractivity contribution in [3.63, 3.8) is 0 Å². The van der Waals surface area contributed by atoms with E-state index in [1.54, 1.807) is 20.8 Å². The van der Waals surface area contributed by atoms with Crippen LogP contribution in [0.25, 0.3) is 0 Å². The number of aliphatic hydroxyl groups excluding tert-OH is 4. The van der Waals surface area contributed by atoms with E-state index in [0.717, 1.165) is 12.8 Å². The van der Waals surface area contributed by atoms with Gasteiger partial charge in [-0.3, -0.25) is 0 Å². The van der Waals surface area contributed by atoms with Gasteiger partial charge >= 0.3 is 23.9 Å². The van der Waals surface area contributed by atoms with Crippen LogP contribution in [0.5, 0.6) is 0 Å². The predicted molar refractivity (Wildman–Crippen MR) is 146 cm³/mol. The minimum absolute atomic E-state index is 0.0474. The fourth-order valence-electron chi connectivity index (χ4n) is 3.39. The molecule has 12 heteroatoms. The van der Waals surface area contributed by atoms with Gasteiger partial charge in [0.25, 0.3) is 0 Å². The average Bonchev–Trinajstić information content (AvgIpc) is 2.96. The molecular formula is C29H44O12. The molecule has 1 aromatic rings. The first-order valence-electron chi connectivity index (χ1n) is 13.6. The average molecular weight is 585 g/mol. The van der Waals surface area contributed by atoms with E-state index in [9.17, 15) is 39.6 Å². The van der Waals surface area contributed by atoms with Crippen molar-refractivity contribution in [2.24, 2.45) is 5.41 Å². The summed E-state index contributed by atoms with van der Waals surface area (Å²) in [4.78, 5) is 48.4.